The molecule has 1 saturated heterocycles. The molecule has 112 valence electrons. The van der Waals surface area contributed by atoms with E-state index in [0.29, 0.717) is 6.04 Å². The lowest BCUT2D eigenvalue weighted by atomic mass is 10.0. The average Bonchev–Trinajstić information content (AvgIpc) is 2.37. The topological polar surface area (TPSA) is 35.6 Å². The zero-order valence-electron chi connectivity index (χ0n) is 13.4. The van der Waals surface area contributed by atoms with E-state index in [4.69, 9.17) is 0 Å². The third kappa shape index (κ3) is 4.18. The molecule has 1 amide bonds. The van der Waals surface area contributed by atoms with Gasteiger partial charge in [-0.25, -0.2) is 0 Å². The molecular weight excluding hydrogens is 238 g/mol. The Morgan fingerprint density at radius 3 is 2.26 bits per heavy atom. The molecule has 2 unspecified atom stereocenters. The molecule has 1 aliphatic rings. The molecule has 4 heteroatoms. The minimum Gasteiger partial charge on any atom is -0.336 e. The monoisotopic (exact) mass is 269 g/mol. The zero-order chi connectivity index (χ0) is 14.6. The van der Waals surface area contributed by atoms with E-state index < -0.39 is 0 Å². The molecule has 0 radical (unpaired) electrons. The molecule has 1 heterocycles. The van der Waals surface area contributed by atoms with Crippen LogP contribution in [0.3, 0.4) is 0 Å². The second-order valence-corrected chi connectivity index (χ2v) is 6.23. The molecule has 0 aliphatic carbocycles. The van der Waals surface area contributed by atoms with Gasteiger partial charge in [-0.1, -0.05) is 0 Å². The molecule has 0 aromatic rings. The summed E-state index contributed by atoms with van der Waals surface area (Å²) in [5.41, 5.74) is 0. The first kappa shape index (κ1) is 16.4. The van der Waals surface area contributed by atoms with Crippen molar-refractivity contribution in [3.05, 3.63) is 0 Å². The molecule has 4 nitrogen and oxygen atoms in total. The summed E-state index contributed by atoms with van der Waals surface area (Å²) >= 11 is 0. The number of carbonyl (C=O) groups excluding carboxylic acids is 1. The minimum atomic E-state index is -0.0130. The van der Waals surface area contributed by atoms with Gasteiger partial charge in [0.25, 0.3) is 0 Å². The van der Waals surface area contributed by atoms with Gasteiger partial charge in [0.2, 0.25) is 5.91 Å². The van der Waals surface area contributed by atoms with Crippen molar-refractivity contribution in [3.8, 4) is 0 Å². The van der Waals surface area contributed by atoms with Crippen LogP contribution >= 0.6 is 0 Å². The Morgan fingerprint density at radius 1 is 1.21 bits per heavy atom. The van der Waals surface area contributed by atoms with E-state index in [1.807, 2.05) is 11.9 Å². The number of likely N-dealkylation sites (N-methyl/N-ethyl adjacent to an activating group) is 1. The van der Waals surface area contributed by atoms with E-state index in [9.17, 15) is 4.79 Å². The maximum absolute atomic E-state index is 12.7. The maximum Gasteiger partial charge on any atom is 0.240 e. The minimum absolute atomic E-state index is 0.0130. The van der Waals surface area contributed by atoms with E-state index in [2.05, 4.69) is 44.8 Å². The lowest BCUT2D eigenvalue weighted by molar-refractivity contribution is -0.140. The van der Waals surface area contributed by atoms with Crippen LogP contribution in [0.4, 0.5) is 0 Å². The van der Waals surface area contributed by atoms with Crippen molar-refractivity contribution in [1.29, 1.82) is 0 Å². The normalized spacial score (nSPS) is 22.8. The third-order valence-corrected chi connectivity index (χ3v) is 4.13. The fourth-order valence-corrected chi connectivity index (χ4v) is 3.07. The number of rotatable bonds is 5. The summed E-state index contributed by atoms with van der Waals surface area (Å²) in [5, 5.41) is 3.34. The second-order valence-electron chi connectivity index (χ2n) is 6.23. The van der Waals surface area contributed by atoms with Crippen molar-refractivity contribution < 1.29 is 4.79 Å². The fraction of sp³-hybridized carbons (Fsp3) is 0.933. The van der Waals surface area contributed by atoms with E-state index in [1.54, 1.807) is 0 Å². The Kier molecular flexibility index (Phi) is 6.27. The quantitative estimate of drug-likeness (QED) is 0.825. The number of nitrogens with zero attached hydrogens (tertiary/aromatic N) is 2. The lowest BCUT2D eigenvalue weighted by Crippen LogP contribution is -2.55. The van der Waals surface area contributed by atoms with Gasteiger partial charge < -0.3 is 10.2 Å². The van der Waals surface area contributed by atoms with Crippen molar-refractivity contribution in [2.24, 2.45) is 0 Å². The number of likely N-dealkylation sites (tertiary alicyclic amines) is 1. The van der Waals surface area contributed by atoms with Gasteiger partial charge in [0.15, 0.2) is 0 Å². The Balaban J connectivity index is 2.69. The van der Waals surface area contributed by atoms with Crippen molar-refractivity contribution in [2.75, 3.05) is 20.1 Å². The van der Waals surface area contributed by atoms with Crippen LogP contribution in [0.1, 0.15) is 47.5 Å². The van der Waals surface area contributed by atoms with Gasteiger partial charge in [-0.15, -0.1) is 0 Å². The highest BCUT2D eigenvalue weighted by Crippen LogP contribution is 2.16. The van der Waals surface area contributed by atoms with Crippen molar-refractivity contribution in [1.82, 2.24) is 15.1 Å². The van der Waals surface area contributed by atoms with Gasteiger partial charge >= 0.3 is 0 Å². The van der Waals surface area contributed by atoms with Gasteiger partial charge in [-0.2, -0.15) is 0 Å². The third-order valence-electron chi connectivity index (χ3n) is 4.13. The average molecular weight is 269 g/mol. The zero-order valence-corrected chi connectivity index (χ0v) is 13.4. The van der Waals surface area contributed by atoms with Gasteiger partial charge in [-0.05, 0) is 61.1 Å². The highest BCUT2D eigenvalue weighted by Gasteiger charge is 2.31. The molecule has 1 rings (SSSR count). The van der Waals surface area contributed by atoms with Crippen molar-refractivity contribution in [3.63, 3.8) is 0 Å². The molecule has 0 bridgehead atoms. The number of carbonyl (C=O) groups is 1. The summed E-state index contributed by atoms with van der Waals surface area (Å²) < 4.78 is 0. The molecule has 0 aromatic carbocycles. The largest absolute Gasteiger partial charge is 0.336 e. The van der Waals surface area contributed by atoms with Gasteiger partial charge in [0.05, 0.1) is 6.04 Å². The van der Waals surface area contributed by atoms with Gasteiger partial charge in [0, 0.05) is 24.7 Å². The van der Waals surface area contributed by atoms with Crippen LogP contribution in [0.2, 0.25) is 0 Å². The molecule has 0 saturated carbocycles. The van der Waals surface area contributed by atoms with Gasteiger partial charge in [0.1, 0.15) is 0 Å². The smallest absolute Gasteiger partial charge is 0.240 e. The first-order chi connectivity index (χ1) is 8.88. The first-order valence-electron chi connectivity index (χ1n) is 7.62. The Hall–Kier alpha value is -0.610. The van der Waals surface area contributed by atoms with Crippen LogP contribution in [0.5, 0.6) is 0 Å². The predicted molar refractivity (Wildman–Crippen MR) is 80.2 cm³/mol. The summed E-state index contributed by atoms with van der Waals surface area (Å²) in [6.07, 6.45) is 2.39. The van der Waals surface area contributed by atoms with Crippen molar-refractivity contribution >= 4 is 5.91 Å². The van der Waals surface area contributed by atoms with E-state index >= 15 is 0 Å². The maximum atomic E-state index is 12.7. The highest BCUT2D eigenvalue weighted by atomic mass is 16.2. The number of nitrogens with one attached hydrogen (secondary N) is 1. The number of hydrogen-bond donors (Lipinski definition) is 1. The summed E-state index contributed by atoms with van der Waals surface area (Å²) in [7, 11) is 2.01. The van der Waals surface area contributed by atoms with Gasteiger partial charge in [-0.3, -0.25) is 9.69 Å². The van der Waals surface area contributed by atoms with Crippen molar-refractivity contribution in [2.45, 2.75) is 71.6 Å². The summed E-state index contributed by atoms with van der Waals surface area (Å²) in [6, 6.07) is 1.04. The molecule has 1 N–H and O–H groups in total. The number of piperidine rings is 1. The van der Waals surface area contributed by atoms with Crippen LogP contribution in [-0.2, 0) is 4.79 Å². The van der Waals surface area contributed by atoms with E-state index in [0.717, 1.165) is 13.1 Å². The Morgan fingerprint density at radius 2 is 1.79 bits per heavy atom. The fourth-order valence-electron chi connectivity index (χ4n) is 3.07. The Labute approximate surface area is 118 Å². The summed E-state index contributed by atoms with van der Waals surface area (Å²) in [5.74, 6) is 0.266. The molecule has 0 spiro atoms. The van der Waals surface area contributed by atoms with Crippen LogP contribution in [0.25, 0.3) is 0 Å². The van der Waals surface area contributed by atoms with E-state index in [-0.39, 0.29) is 24.0 Å². The SMILES string of the molecule is CNC1CCCN(C(C)C(=O)N(C(C)C)C(C)C)C1. The van der Waals surface area contributed by atoms with Crippen LogP contribution < -0.4 is 5.32 Å². The predicted octanol–water partition coefficient (Wildman–Crippen LogP) is 1.70. The molecule has 1 fully saturated rings. The van der Waals surface area contributed by atoms with Crippen LogP contribution in [0, 0.1) is 0 Å². The van der Waals surface area contributed by atoms with Crippen LogP contribution in [-0.4, -0.2) is 60.0 Å². The first-order valence-corrected chi connectivity index (χ1v) is 7.62. The van der Waals surface area contributed by atoms with E-state index in [1.165, 1.54) is 12.8 Å². The number of hydrogen-bond acceptors (Lipinski definition) is 3. The molecular formula is C15H31N3O. The molecule has 19 heavy (non-hydrogen) atoms. The summed E-state index contributed by atoms with van der Waals surface area (Å²) in [6.45, 7) is 12.4. The lowest BCUT2D eigenvalue weighted by Gasteiger charge is -2.40. The number of amides is 1. The second kappa shape index (κ2) is 7.25. The molecule has 0 aromatic heterocycles. The summed E-state index contributed by atoms with van der Waals surface area (Å²) in [4.78, 5) is 17.0. The molecule has 1 aliphatic heterocycles. The highest BCUT2D eigenvalue weighted by molar-refractivity contribution is 5.82. The standard InChI is InChI=1S/C15H31N3O/c1-11(2)18(12(3)4)15(19)13(5)17-9-7-8-14(10-17)16-6/h11-14,16H,7-10H2,1-6H3. The molecule has 2 atom stereocenters. The van der Waals surface area contributed by atoms with Crippen LogP contribution in [0.15, 0.2) is 0 Å². The Bertz CT molecular complexity index is 283.